The van der Waals surface area contributed by atoms with Crippen LogP contribution >= 0.6 is 0 Å². The fourth-order valence-electron chi connectivity index (χ4n) is 3.41. The van der Waals surface area contributed by atoms with Crippen molar-refractivity contribution in [3.05, 3.63) is 41.8 Å². The molecule has 1 aliphatic heterocycles. The number of amides is 1. The summed E-state index contributed by atoms with van der Waals surface area (Å²) in [4.78, 5) is 29.8. The molecule has 0 bridgehead atoms. The second-order valence-electron chi connectivity index (χ2n) is 6.85. The van der Waals surface area contributed by atoms with Crippen LogP contribution in [0.25, 0.3) is 11.5 Å². The van der Waals surface area contributed by atoms with Crippen molar-refractivity contribution in [2.75, 3.05) is 13.1 Å². The summed E-state index contributed by atoms with van der Waals surface area (Å²) in [7, 11) is 0. The average molecular weight is 356 g/mol. The van der Waals surface area contributed by atoms with Gasteiger partial charge in [0.05, 0.1) is 12.1 Å². The number of carboxylic acids is 1. The smallest absolute Gasteiger partial charge is 0.303 e. The van der Waals surface area contributed by atoms with Crippen molar-refractivity contribution in [3.8, 4) is 11.5 Å². The Hall–Kier alpha value is -2.63. The maximum atomic E-state index is 12.7. The zero-order valence-corrected chi connectivity index (χ0v) is 15.0. The van der Waals surface area contributed by atoms with Gasteiger partial charge in [0.1, 0.15) is 5.76 Å². The van der Waals surface area contributed by atoms with E-state index in [-0.39, 0.29) is 24.7 Å². The number of aromatic nitrogens is 1. The van der Waals surface area contributed by atoms with E-state index in [1.807, 2.05) is 42.2 Å². The Morgan fingerprint density at radius 3 is 2.81 bits per heavy atom. The first-order valence-electron chi connectivity index (χ1n) is 9.04. The molecule has 6 heteroatoms. The number of nitrogens with zero attached hydrogens (tertiary/aromatic N) is 2. The third-order valence-corrected chi connectivity index (χ3v) is 4.87. The molecule has 0 spiro atoms. The molecule has 0 saturated carbocycles. The van der Waals surface area contributed by atoms with Gasteiger partial charge in [-0.05, 0) is 44.2 Å². The number of rotatable bonds is 6. The van der Waals surface area contributed by atoms with Crippen molar-refractivity contribution < 1.29 is 19.1 Å². The Balaban J connectivity index is 1.62. The third-order valence-electron chi connectivity index (χ3n) is 4.87. The quantitative estimate of drug-likeness (QED) is 0.858. The van der Waals surface area contributed by atoms with Crippen molar-refractivity contribution in [1.29, 1.82) is 0 Å². The highest BCUT2D eigenvalue weighted by Gasteiger charge is 2.25. The van der Waals surface area contributed by atoms with E-state index in [4.69, 9.17) is 9.52 Å². The van der Waals surface area contributed by atoms with Crippen LogP contribution in [0.1, 0.15) is 37.1 Å². The SMILES string of the molecule is Cc1oc(-c2ccccc2)nc1CC(=O)N1CCC[C@H](CCC(=O)O)C1. The number of piperidine rings is 1. The normalized spacial score (nSPS) is 17.3. The number of oxazole rings is 1. The summed E-state index contributed by atoms with van der Waals surface area (Å²) in [6.07, 6.45) is 2.91. The Kier molecular flexibility index (Phi) is 5.71. The van der Waals surface area contributed by atoms with Gasteiger partial charge in [0, 0.05) is 25.1 Å². The Morgan fingerprint density at radius 1 is 1.31 bits per heavy atom. The minimum absolute atomic E-state index is 0.0287. The zero-order valence-electron chi connectivity index (χ0n) is 15.0. The summed E-state index contributed by atoms with van der Waals surface area (Å²) in [5, 5.41) is 8.84. The second-order valence-corrected chi connectivity index (χ2v) is 6.85. The van der Waals surface area contributed by atoms with Gasteiger partial charge in [0.15, 0.2) is 0 Å². The third kappa shape index (κ3) is 4.50. The summed E-state index contributed by atoms with van der Waals surface area (Å²) in [5.74, 6) is 0.712. The molecule has 2 heterocycles. The standard InChI is InChI=1S/C20H24N2O4/c1-14-17(21-20(26-14)16-7-3-2-4-8-16)12-18(23)22-11-5-6-15(13-22)9-10-19(24)25/h2-4,7-8,15H,5-6,9-13H2,1H3,(H,24,25)/t15-/m1/s1. The van der Waals surface area contributed by atoms with Crippen molar-refractivity contribution in [2.24, 2.45) is 5.92 Å². The van der Waals surface area contributed by atoms with E-state index < -0.39 is 5.97 Å². The molecule has 1 N–H and O–H groups in total. The van der Waals surface area contributed by atoms with Crippen LogP contribution in [0.4, 0.5) is 0 Å². The van der Waals surface area contributed by atoms with Crippen molar-refractivity contribution in [1.82, 2.24) is 9.88 Å². The highest BCUT2D eigenvalue weighted by atomic mass is 16.4. The van der Waals surface area contributed by atoms with Crippen LogP contribution in [-0.2, 0) is 16.0 Å². The number of hydrogen-bond donors (Lipinski definition) is 1. The van der Waals surface area contributed by atoms with Gasteiger partial charge >= 0.3 is 5.97 Å². The van der Waals surface area contributed by atoms with Crippen LogP contribution in [0.2, 0.25) is 0 Å². The number of carboxylic acid groups (broad SMARTS) is 1. The lowest BCUT2D eigenvalue weighted by atomic mass is 9.93. The van der Waals surface area contributed by atoms with Crippen molar-refractivity contribution in [3.63, 3.8) is 0 Å². The number of benzene rings is 1. The number of aliphatic carboxylic acids is 1. The molecule has 2 aromatic rings. The van der Waals surface area contributed by atoms with Crippen LogP contribution in [0.15, 0.2) is 34.7 Å². The second kappa shape index (κ2) is 8.17. The highest BCUT2D eigenvalue weighted by Crippen LogP contribution is 2.24. The molecule has 138 valence electrons. The van der Waals surface area contributed by atoms with Gasteiger partial charge in [0.2, 0.25) is 11.8 Å². The lowest BCUT2D eigenvalue weighted by Gasteiger charge is -2.32. The highest BCUT2D eigenvalue weighted by molar-refractivity contribution is 5.78. The molecule has 3 rings (SSSR count). The van der Waals surface area contributed by atoms with E-state index in [1.54, 1.807) is 0 Å². The lowest BCUT2D eigenvalue weighted by molar-refractivity contribution is -0.137. The van der Waals surface area contributed by atoms with Gasteiger partial charge in [-0.1, -0.05) is 18.2 Å². The molecule has 0 radical (unpaired) electrons. The van der Waals surface area contributed by atoms with Gasteiger partial charge in [-0.15, -0.1) is 0 Å². The summed E-state index contributed by atoms with van der Waals surface area (Å²) in [5.41, 5.74) is 1.56. The summed E-state index contributed by atoms with van der Waals surface area (Å²) < 4.78 is 5.73. The van der Waals surface area contributed by atoms with Crippen LogP contribution < -0.4 is 0 Å². The molecule has 1 atom stereocenters. The van der Waals surface area contributed by atoms with Crippen LogP contribution in [0.3, 0.4) is 0 Å². The van der Waals surface area contributed by atoms with Gasteiger partial charge in [-0.2, -0.15) is 0 Å². The molecule has 1 aromatic carbocycles. The first kappa shape index (κ1) is 18.2. The van der Waals surface area contributed by atoms with Gasteiger partial charge in [-0.3, -0.25) is 9.59 Å². The van der Waals surface area contributed by atoms with Gasteiger partial charge in [-0.25, -0.2) is 4.98 Å². The van der Waals surface area contributed by atoms with Crippen molar-refractivity contribution in [2.45, 2.75) is 39.0 Å². The summed E-state index contributed by atoms with van der Waals surface area (Å²) >= 11 is 0. The molecule has 1 aliphatic rings. The number of carbonyl (C=O) groups is 2. The molecular formula is C20H24N2O4. The van der Waals surface area contributed by atoms with Gasteiger partial charge < -0.3 is 14.4 Å². The molecule has 26 heavy (non-hydrogen) atoms. The van der Waals surface area contributed by atoms with E-state index in [9.17, 15) is 9.59 Å². The average Bonchev–Trinajstić information content (AvgIpc) is 3.01. The number of aryl methyl sites for hydroxylation is 1. The molecular weight excluding hydrogens is 332 g/mol. The van der Waals surface area contributed by atoms with Gasteiger partial charge in [0.25, 0.3) is 0 Å². The maximum absolute atomic E-state index is 12.7. The van der Waals surface area contributed by atoms with Crippen LogP contribution in [0.5, 0.6) is 0 Å². The fraction of sp³-hybridized carbons (Fsp3) is 0.450. The predicted octanol–water partition coefficient (Wildman–Crippen LogP) is 3.30. The fourth-order valence-corrected chi connectivity index (χ4v) is 3.41. The predicted molar refractivity (Wildman–Crippen MR) is 96.6 cm³/mol. The van der Waals surface area contributed by atoms with Crippen LogP contribution in [-0.4, -0.2) is 40.0 Å². The first-order chi connectivity index (χ1) is 12.5. The number of carbonyl (C=O) groups excluding carboxylic acids is 1. The Morgan fingerprint density at radius 2 is 2.08 bits per heavy atom. The monoisotopic (exact) mass is 356 g/mol. The van der Waals surface area contributed by atoms with E-state index in [1.165, 1.54) is 0 Å². The van der Waals surface area contributed by atoms with E-state index >= 15 is 0 Å². The molecule has 1 saturated heterocycles. The molecule has 1 aromatic heterocycles. The van der Waals surface area contributed by atoms with Crippen molar-refractivity contribution >= 4 is 11.9 Å². The lowest BCUT2D eigenvalue weighted by Crippen LogP contribution is -2.41. The first-order valence-corrected chi connectivity index (χ1v) is 9.04. The topological polar surface area (TPSA) is 83.6 Å². The number of likely N-dealkylation sites (tertiary alicyclic amines) is 1. The minimum Gasteiger partial charge on any atom is -0.481 e. The molecule has 1 amide bonds. The Labute approximate surface area is 152 Å². The van der Waals surface area contributed by atoms with E-state index in [2.05, 4.69) is 4.98 Å². The summed E-state index contributed by atoms with van der Waals surface area (Å²) in [6, 6.07) is 9.62. The zero-order chi connectivity index (χ0) is 18.5. The molecule has 0 unspecified atom stereocenters. The molecule has 0 aliphatic carbocycles. The largest absolute Gasteiger partial charge is 0.481 e. The van der Waals surface area contributed by atoms with E-state index in [0.717, 1.165) is 24.9 Å². The Bertz CT molecular complexity index is 769. The minimum atomic E-state index is -0.778. The van der Waals surface area contributed by atoms with E-state index in [0.29, 0.717) is 30.3 Å². The maximum Gasteiger partial charge on any atom is 0.303 e. The molecule has 1 fully saturated rings. The number of hydrogen-bond acceptors (Lipinski definition) is 4. The molecule has 6 nitrogen and oxygen atoms in total. The summed E-state index contributed by atoms with van der Waals surface area (Å²) in [6.45, 7) is 3.19. The van der Waals surface area contributed by atoms with Crippen LogP contribution in [0, 0.1) is 12.8 Å².